The van der Waals surface area contributed by atoms with Crippen LogP contribution in [0.2, 0.25) is 0 Å². The van der Waals surface area contributed by atoms with Gasteiger partial charge in [0.25, 0.3) is 0 Å². The van der Waals surface area contributed by atoms with Gasteiger partial charge in [0.2, 0.25) is 0 Å². The molecule has 0 aliphatic carbocycles. The highest BCUT2D eigenvalue weighted by atomic mass is 16.5. The Morgan fingerprint density at radius 2 is 2.27 bits per heavy atom. The third-order valence-corrected chi connectivity index (χ3v) is 2.08. The van der Waals surface area contributed by atoms with Crippen molar-refractivity contribution < 1.29 is 4.74 Å². The summed E-state index contributed by atoms with van der Waals surface area (Å²) < 4.78 is 7.41. The first-order valence-electron chi connectivity index (χ1n) is 5.40. The Balaban J connectivity index is 2.67. The highest BCUT2D eigenvalue weighted by Gasteiger charge is 2.06. The van der Waals surface area contributed by atoms with Gasteiger partial charge in [-0.15, -0.1) is 11.8 Å². The number of aryl methyl sites for hydroxylation is 2. The van der Waals surface area contributed by atoms with Gasteiger partial charge in [0.15, 0.2) is 5.75 Å². The second-order valence-corrected chi connectivity index (χ2v) is 3.17. The van der Waals surface area contributed by atoms with Crippen LogP contribution in [-0.4, -0.2) is 16.4 Å². The topological polar surface area (TPSA) is 27.1 Å². The van der Waals surface area contributed by atoms with Gasteiger partial charge in [0.1, 0.15) is 5.69 Å². The summed E-state index contributed by atoms with van der Waals surface area (Å²) in [5, 5.41) is 4.44. The minimum atomic E-state index is 0.688. The maximum atomic E-state index is 5.50. The van der Waals surface area contributed by atoms with E-state index in [1.807, 2.05) is 24.7 Å². The number of aromatic nitrogens is 2. The van der Waals surface area contributed by atoms with Gasteiger partial charge in [-0.3, -0.25) is 4.68 Å². The van der Waals surface area contributed by atoms with E-state index in [9.17, 15) is 0 Å². The minimum Gasteiger partial charge on any atom is -0.490 e. The van der Waals surface area contributed by atoms with Crippen LogP contribution in [0.25, 0.3) is 0 Å². The number of hydrogen-bond acceptors (Lipinski definition) is 2. The second-order valence-electron chi connectivity index (χ2n) is 3.17. The average molecular weight is 206 g/mol. The van der Waals surface area contributed by atoms with Gasteiger partial charge in [-0.1, -0.05) is 6.92 Å². The summed E-state index contributed by atoms with van der Waals surface area (Å²) in [4.78, 5) is 0. The molecule has 0 fully saturated rings. The normalized spacial score (nSPS) is 9.53. The Bertz CT molecular complexity index is 357. The predicted octanol–water partition coefficient (Wildman–Crippen LogP) is 2.26. The lowest BCUT2D eigenvalue weighted by molar-refractivity contribution is 0.336. The molecule has 0 amide bonds. The van der Waals surface area contributed by atoms with E-state index < -0.39 is 0 Å². The number of nitrogens with zero attached hydrogens (tertiary/aromatic N) is 2. The van der Waals surface area contributed by atoms with Crippen LogP contribution < -0.4 is 4.74 Å². The molecule has 3 heteroatoms. The standard InChI is InChI=1S/C12H18N2O/c1-4-7-8-9-14-10-12(15-6-3)11(5-2)13-14/h10H,5-6,8-9H2,1-3H3. The fraction of sp³-hybridized carbons (Fsp3) is 0.583. The highest BCUT2D eigenvalue weighted by Crippen LogP contribution is 2.17. The predicted molar refractivity (Wildman–Crippen MR) is 60.8 cm³/mol. The molecule has 0 N–H and O–H groups in total. The van der Waals surface area contributed by atoms with Crippen LogP contribution in [0.1, 0.15) is 32.9 Å². The SMILES string of the molecule is CC#CCCn1cc(OCC)c(CC)n1. The van der Waals surface area contributed by atoms with E-state index in [2.05, 4.69) is 23.9 Å². The van der Waals surface area contributed by atoms with E-state index in [-0.39, 0.29) is 0 Å². The lowest BCUT2D eigenvalue weighted by atomic mass is 10.3. The van der Waals surface area contributed by atoms with E-state index in [0.717, 1.165) is 30.8 Å². The molecule has 0 unspecified atom stereocenters. The third kappa shape index (κ3) is 3.32. The molecule has 0 aliphatic rings. The van der Waals surface area contributed by atoms with Gasteiger partial charge in [-0.05, 0) is 20.3 Å². The van der Waals surface area contributed by atoms with Crippen LogP contribution in [0.3, 0.4) is 0 Å². The molecule has 1 aromatic rings. The fourth-order valence-electron chi connectivity index (χ4n) is 1.37. The van der Waals surface area contributed by atoms with Crippen molar-refractivity contribution >= 4 is 0 Å². The molecule has 0 aliphatic heterocycles. The van der Waals surface area contributed by atoms with Gasteiger partial charge < -0.3 is 4.74 Å². The lowest BCUT2D eigenvalue weighted by Gasteiger charge is -1.99. The van der Waals surface area contributed by atoms with Crippen LogP contribution in [0.4, 0.5) is 0 Å². The summed E-state index contributed by atoms with van der Waals surface area (Å²) >= 11 is 0. The fourth-order valence-corrected chi connectivity index (χ4v) is 1.37. The molecular weight excluding hydrogens is 188 g/mol. The Morgan fingerprint density at radius 3 is 2.87 bits per heavy atom. The van der Waals surface area contributed by atoms with Crippen molar-refractivity contribution in [3.8, 4) is 17.6 Å². The second kappa shape index (κ2) is 6.13. The molecule has 0 atom stereocenters. The molecule has 0 bridgehead atoms. The van der Waals surface area contributed by atoms with Crippen molar-refractivity contribution in [2.24, 2.45) is 0 Å². The van der Waals surface area contributed by atoms with Crippen molar-refractivity contribution in [1.82, 2.24) is 9.78 Å². The number of rotatable bonds is 5. The smallest absolute Gasteiger partial charge is 0.160 e. The van der Waals surface area contributed by atoms with E-state index in [0.29, 0.717) is 6.61 Å². The van der Waals surface area contributed by atoms with Gasteiger partial charge in [-0.25, -0.2) is 0 Å². The molecule has 3 nitrogen and oxygen atoms in total. The Labute approximate surface area is 91.4 Å². The first kappa shape index (κ1) is 11.6. The summed E-state index contributed by atoms with van der Waals surface area (Å²) in [7, 11) is 0. The molecule has 1 aromatic heterocycles. The van der Waals surface area contributed by atoms with Gasteiger partial charge >= 0.3 is 0 Å². The zero-order valence-electron chi connectivity index (χ0n) is 9.71. The summed E-state index contributed by atoms with van der Waals surface area (Å²) in [5.41, 5.74) is 1.03. The zero-order valence-corrected chi connectivity index (χ0v) is 9.71. The van der Waals surface area contributed by atoms with E-state index in [4.69, 9.17) is 4.74 Å². The highest BCUT2D eigenvalue weighted by molar-refractivity contribution is 5.24. The average Bonchev–Trinajstić information content (AvgIpc) is 2.62. The largest absolute Gasteiger partial charge is 0.490 e. The molecule has 0 spiro atoms. The van der Waals surface area contributed by atoms with Crippen LogP contribution in [0.15, 0.2) is 6.20 Å². The van der Waals surface area contributed by atoms with Crippen molar-refractivity contribution in [2.75, 3.05) is 6.61 Å². The molecule has 1 heterocycles. The first-order chi connectivity index (χ1) is 7.31. The summed E-state index contributed by atoms with van der Waals surface area (Å²) in [5.74, 6) is 6.81. The molecular formula is C12H18N2O. The van der Waals surface area contributed by atoms with E-state index >= 15 is 0 Å². The number of hydrogen-bond donors (Lipinski definition) is 0. The van der Waals surface area contributed by atoms with Crippen molar-refractivity contribution in [3.63, 3.8) is 0 Å². The zero-order chi connectivity index (χ0) is 11.1. The molecule has 0 radical (unpaired) electrons. The van der Waals surface area contributed by atoms with Crippen LogP contribution in [-0.2, 0) is 13.0 Å². The Kier molecular flexibility index (Phi) is 4.76. The monoisotopic (exact) mass is 206 g/mol. The van der Waals surface area contributed by atoms with Crippen molar-refractivity contribution in [1.29, 1.82) is 0 Å². The molecule has 82 valence electrons. The minimum absolute atomic E-state index is 0.688. The maximum Gasteiger partial charge on any atom is 0.160 e. The molecule has 15 heavy (non-hydrogen) atoms. The van der Waals surface area contributed by atoms with E-state index in [1.54, 1.807) is 0 Å². The maximum absolute atomic E-state index is 5.50. The molecule has 0 saturated carbocycles. The summed E-state index contributed by atoms with van der Waals surface area (Å²) in [6.45, 7) is 7.45. The summed E-state index contributed by atoms with van der Waals surface area (Å²) in [6.07, 6.45) is 3.70. The Morgan fingerprint density at radius 1 is 1.47 bits per heavy atom. The van der Waals surface area contributed by atoms with E-state index in [1.165, 1.54) is 0 Å². The lowest BCUT2D eigenvalue weighted by Crippen LogP contribution is -1.98. The van der Waals surface area contributed by atoms with Crippen LogP contribution in [0.5, 0.6) is 5.75 Å². The Hall–Kier alpha value is -1.43. The molecule has 1 rings (SSSR count). The molecule has 0 aromatic carbocycles. The van der Waals surface area contributed by atoms with Crippen LogP contribution in [0, 0.1) is 11.8 Å². The summed E-state index contributed by atoms with van der Waals surface area (Å²) in [6, 6.07) is 0. The quantitative estimate of drug-likeness (QED) is 0.691. The number of ether oxygens (including phenoxy) is 1. The van der Waals surface area contributed by atoms with Crippen molar-refractivity contribution in [2.45, 2.75) is 40.2 Å². The van der Waals surface area contributed by atoms with Gasteiger partial charge in [0, 0.05) is 6.42 Å². The third-order valence-electron chi connectivity index (χ3n) is 2.08. The first-order valence-corrected chi connectivity index (χ1v) is 5.40. The van der Waals surface area contributed by atoms with Crippen LogP contribution >= 0.6 is 0 Å². The van der Waals surface area contributed by atoms with Gasteiger partial charge in [-0.2, -0.15) is 5.10 Å². The molecule has 0 saturated heterocycles. The van der Waals surface area contributed by atoms with Crippen molar-refractivity contribution in [3.05, 3.63) is 11.9 Å². The van der Waals surface area contributed by atoms with Gasteiger partial charge in [0.05, 0.1) is 19.3 Å².